The van der Waals surface area contributed by atoms with Gasteiger partial charge >= 0.3 is 0 Å². The number of hydrogen-bond donors (Lipinski definition) is 1. The Hall–Kier alpha value is -2.17. The van der Waals surface area contributed by atoms with Crippen LogP contribution in [0.2, 0.25) is 5.02 Å². The highest BCUT2D eigenvalue weighted by Crippen LogP contribution is 2.22. The van der Waals surface area contributed by atoms with Crippen molar-refractivity contribution in [2.24, 2.45) is 0 Å². The van der Waals surface area contributed by atoms with Gasteiger partial charge in [0, 0.05) is 17.5 Å². The Morgan fingerprint density at radius 3 is 2.61 bits per heavy atom. The van der Waals surface area contributed by atoms with E-state index in [1.165, 1.54) is 0 Å². The molecular weight excluding hydrogens is 310 g/mol. The number of halogens is 1. The van der Waals surface area contributed by atoms with Crippen molar-refractivity contribution in [2.75, 3.05) is 0 Å². The standard InChI is InChI=1S/C18H18ClN3O/c1-13(15-9-5-6-10-16(15)19)20-12-18-21-17(22-23-18)11-14-7-3-2-4-8-14/h2-10,13,20H,11-12H2,1H3/t13-/m0/s1. The van der Waals surface area contributed by atoms with Crippen LogP contribution in [0.5, 0.6) is 0 Å². The highest BCUT2D eigenvalue weighted by atomic mass is 35.5. The lowest BCUT2D eigenvalue weighted by Gasteiger charge is -2.13. The first-order valence-corrected chi connectivity index (χ1v) is 7.93. The van der Waals surface area contributed by atoms with E-state index >= 15 is 0 Å². The molecule has 0 amide bonds. The lowest BCUT2D eigenvalue weighted by Crippen LogP contribution is -2.18. The number of aromatic nitrogens is 2. The summed E-state index contributed by atoms with van der Waals surface area (Å²) >= 11 is 6.20. The first-order valence-electron chi connectivity index (χ1n) is 7.55. The van der Waals surface area contributed by atoms with Crippen molar-refractivity contribution >= 4 is 11.6 Å². The Morgan fingerprint density at radius 1 is 1.09 bits per heavy atom. The summed E-state index contributed by atoms with van der Waals surface area (Å²) in [5, 5.41) is 8.13. The Labute approximate surface area is 140 Å². The van der Waals surface area contributed by atoms with Crippen molar-refractivity contribution in [3.63, 3.8) is 0 Å². The number of hydrogen-bond acceptors (Lipinski definition) is 4. The summed E-state index contributed by atoms with van der Waals surface area (Å²) in [5.41, 5.74) is 2.22. The third-order valence-corrected chi connectivity index (χ3v) is 3.99. The van der Waals surface area contributed by atoms with Crippen LogP contribution in [0.25, 0.3) is 0 Å². The fourth-order valence-corrected chi connectivity index (χ4v) is 2.69. The van der Waals surface area contributed by atoms with E-state index in [1.807, 2.05) is 54.6 Å². The van der Waals surface area contributed by atoms with Gasteiger partial charge in [0.1, 0.15) is 0 Å². The van der Waals surface area contributed by atoms with E-state index in [1.54, 1.807) is 0 Å². The molecule has 0 bridgehead atoms. The summed E-state index contributed by atoms with van der Waals surface area (Å²) in [5.74, 6) is 1.27. The Balaban J connectivity index is 1.58. The Morgan fingerprint density at radius 2 is 1.83 bits per heavy atom. The lowest BCUT2D eigenvalue weighted by atomic mass is 10.1. The molecule has 1 N–H and O–H groups in total. The number of rotatable bonds is 6. The van der Waals surface area contributed by atoms with Crippen LogP contribution in [-0.4, -0.2) is 10.1 Å². The second kappa shape index (κ2) is 7.40. The largest absolute Gasteiger partial charge is 0.338 e. The maximum atomic E-state index is 6.20. The molecule has 0 saturated carbocycles. The molecule has 23 heavy (non-hydrogen) atoms. The van der Waals surface area contributed by atoms with Gasteiger partial charge in [-0.05, 0) is 24.1 Å². The van der Waals surface area contributed by atoms with E-state index in [-0.39, 0.29) is 6.04 Å². The topological polar surface area (TPSA) is 51.0 Å². The zero-order chi connectivity index (χ0) is 16.1. The molecule has 5 heteroatoms. The Kier molecular flexibility index (Phi) is 5.05. The van der Waals surface area contributed by atoms with Crippen LogP contribution in [0.4, 0.5) is 0 Å². The van der Waals surface area contributed by atoms with E-state index in [2.05, 4.69) is 22.4 Å². The molecule has 0 saturated heterocycles. The molecule has 0 aliphatic heterocycles. The highest BCUT2D eigenvalue weighted by molar-refractivity contribution is 6.31. The second-order valence-corrected chi connectivity index (χ2v) is 5.80. The molecule has 0 fully saturated rings. The van der Waals surface area contributed by atoms with E-state index in [4.69, 9.17) is 16.1 Å². The second-order valence-electron chi connectivity index (χ2n) is 5.39. The molecule has 1 atom stereocenters. The van der Waals surface area contributed by atoms with Crippen LogP contribution in [0, 0.1) is 0 Å². The summed E-state index contributed by atoms with van der Waals surface area (Å²) in [6.07, 6.45) is 0.671. The number of nitrogens with zero attached hydrogens (tertiary/aromatic N) is 2. The van der Waals surface area contributed by atoms with Crippen LogP contribution in [0.15, 0.2) is 59.1 Å². The van der Waals surface area contributed by atoms with Gasteiger partial charge in [-0.25, -0.2) is 0 Å². The molecule has 3 rings (SSSR count). The molecule has 3 aromatic rings. The smallest absolute Gasteiger partial charge is 0.240 e. The highest BCUT2D eigenvalue weighted by Gasteiger charge is 2.11. The quantitative estimate of drug-likeness (QED) is 0.738. The molecule has 0 aliphatic rings. The molecule has 4 nitrogen and oxygen atoms in total. The van der Waals surface area contributed by atoms with Crippen LogP contribution in [0.1, 0.15) is 35.8 Å². The third kappa shape index (κ3) is 4.18. The van der Waals surface area contributed by atoms with Gasteiger partial charge in [0.2, 0.25) is 5.89 Å². The van der Waals surface area contributed by atoms with Gasteiger partial charge in [0.05, 0.1) is 6.54 Å². The van der Waals surface area contributed by atoms with Crippen molar-refractivity contribution in [1.29, 1.82) is 0 Å². The van der Waals surface area contributed by atoms with E-state index in [0.717, 1.165) is 16.1 Å². The minimum absolute atomic E-state index is 0.105. The van der Waals surface area contributed by atoms with Gasteiger partial charge in [-0.1, -0.05) is 65.3 Å². The maximum absolute atomic E-state index is 6.20. The SMILES string of the molecule is C[C@H](NCc1nc(Cc2ccccc2)no1)c1ccccc1Cl. The minimum Gasteiger partial charge on any atom is -0.338 e. The van der Waals surface area contributed by atoms with Gasteiger partial charge in [0.15, 0.2) is 5.82 Å². The van der Waals surface area contributed by atoms with Gasteiger partial charge in [-0.3, -0.25) is 0 Å². The predicted octanol–water partition coefficient (Wildman–Crippen LogP) is 4.16. The minimum atomic E-state index is 0.105. The molecule has 0 unspecified atom stereocenters. The van der Waals surface area contributed by atoms with Crippen molar-refractivity contribution in [3.8, 4) is 0 Å². The van der Waals surface area contributed by atoms with Crippen molar-refractivity contribution in [3.05, 3.63) is 82.5 Å². The van der Waals surface area contributed by atoms with Crippen LogP contribution < -0.4 is 5.32 Å². The molecule has 0 spiro atoms. The fraction of sp³-hybridized carbons (Fsp3) is 0.222. The van der Waals surface area contributed by atoms with Crippen LogP contribution >= 0.6 is 11.6 Å². The monoisotopic (exact) mass is 327 g/mol. The molecule has 118 valence electrons. The third-order valence-electron chi connectivity index (χ3n) is 3.65. The summed E-state index contributed by atoms with van der Waals surface area (Å²) in [4.78, 5) is 4.42. The lowest BCUT2D eigenvalue weighted by molar-refractivity contribution is 0.357. The van der Waals surface area contributed by atoms with Crippen LogP contribution in [-0.2, 0) is 13.0 Å². The summed E-state index contributed by atoms with van der Waals surface area (Å²) in [6.45, 7) is 2.57. The summed E-state index contributed by atoms with van der Waals surface area (Å²) < 4.78 is 5.30. The van der Waals surface area contributed by atoms with E-state index in [0.29, 0.717) is 24.7 Å². The first kappa shape index (κ1) is 15.7. The summed E-state index contributed by atoms with van der Waals surface area (Å²) in [7, 11) is 0. The molecule has 0 radical (unpaired) electrons. The maximum Gasteiger partial charge on any atom is 0.240 e. The molecule has 2 aromatic carbocycles. The number of benzene rings is 2. The molecule has 1 heterocycles. The predicted molar refractivity (Wildman–Crippen MR) is 90.3 cm³/mol. The van der Waals surface area contributed by atoms with Crippen molar-refractivity contribution < 1.29 is 4.52 Å². The fourth-order valence-electron chi connectivity index (χ4n) is 2.39. The normalized spacial score (nSPS) is 12.3. The van der Waals surface area contributed by atoms with Crippen molar-refractivity contribution in [2.45, 2.75) is 25.9 Å². The molecular formula is C18H18ClN3O. The molecule has 1 aromatic heterocycles. The summed E-state index contributed by atoms with van der Waals surface area (Å²) in [6, 6.07) is 18.0. The van der Waals surface area contributed by atoms with Gasteiger partial charge < -0.3 is 9.84 Å². The Bertz CT molecular complexity index is 758. The average molecular weight is 328 g/mol. The van der Waals surface area contributed by atoms with Gasteiger partial charge in [0.25, 0.3) is 0 Å². The van der Waals surface area contributed by atoms with Gasteiger partial charge in [-0.2, -0.15) is 4.98 Å². The van der Waals surface area contributed by atoms with E-state index in [9.17, 15) is 0 Å². The molecule has 0 aliphatic carbocycles. The first-order chi connectivity index (χ1) is 11.2. The zero-order valence-corrected chi connectivity index (χ0v) is 13.6. The van der Waals surface area contributed by atoms with Gasteiger partial charge in [-0.15, -0.1) is 0 Å². The van der Waals surface area contributed by atoms with E-state index < -0.39 is 0 Å². The van der Waals surface area contributed by atoms with Crippen LogP contribution in [0.3, 0.4) is 0 Å². The zero-order valence-electron chi connectivity index (χ0n) is 12.9. The van der Waals surface area contributed by atoms with Crippen molar-refractivity contribution in [1.82, 2.24) is 15.5 Å². The average Bonchev–Trinajstić information content (AvgIpc) is 3.01. The number of nitrogens with one attached hydrogen (secondary N) is 1.